The molecule has 0 saturated carbocycles. The van der Waals surface area contributed by atoms with Crippen LogP contribution in [0.2, 0.25) is 0 Å². The van der Waals surface area contributed by atoms with Crippen molar-refractivity contribution in [1.82, 2.24) is 0 Å². The molecule has 150 heavy (non-hydrogen) atoms. The van der Waals surface area contributed by atoms with E-state index in [-0.39, 0.29) is 10.8 Å². The molecular formula is C148H98N2. The average Bonchev–Trinajstić information content (AvgIpc) is 1.50. The standard InChI is InChI=1S/2C74H49N/c1-73(2)65-29-13-9-26-59(65)61-28-17-33-70(72(61)73)75(51-40-41-56-54-22-6-5-20-52(54)53-21-7-8-23-55(53)63(56)43-51)71-45-69-64(44-62(71)48-37-34-47(35-38-48)50-39-36-46-18-3-4-19-49(46)42-50)60-27-12-16-32-68(60)74(69)66-30-14-10-24-57(66)58-25-11-15-31-67(58)74;1-73(2)66-27-13-9-25-60(66)64-43-52(38-40-67(64)73)75(51-37-39-57-55-21-6-5-19-53(55)54-20-7-8-22-56(54)63(57)42-51)72-45-71-65(44-62(72)48-34-31-47(32-35-48)50-36-33-46-17-3-4-18-49(46)41-50)61-26-12-16-30-70(61)74(71)68-28-14-10-23-58(68)59-24-11-15-29-69(59)74/h2*3-45H,1-2H3. The number of hydrogen-bond donors (Lipinski definition) is 0. The summed E-state index contributed by atoms with van der Waals surface area (Å²) in [6.07, 6.45) is 0. The van der Waals surface area contributed by atoms with Crippen LogP contribution in [0.15, 0.2) is 522 Å². The Morgan fingerprint density at radius 3 is 0.800 bits per heavy atom. The zero-order chi connectivity index (χ0) is 99.1. The lowest BCUT2D eigenvalue weighted by atomic mass is 9.70. The summed E-state index contributed by atoms with van der Waals surface area (Å²) >= 11 is 0. The molecule has 2 spiro atoms. The van der Waals surface area contributed by atoms with Gasteiger partial charge >= 0.3 is 0 Å². The van der Waals surface area contributed by atoms with Gasteiger partial charge in [-0.3, -0.25) is 0 Å². The zero-order valence-electron chi connectivity index (χ0n) is 83.5. The normalized spacial score (nSPS) is 13.9. The molecule has 32 rings (SSSR count). The predicted octanol–water partition coefficient (Wildman–Crippen LogP) is 39.5. The predicted molar refractivity (Wildman–Crippen MR) is 632 cm³/mol. The highest BCUT2D eigenvalue weighted by atomic mass is 15.2. The molecule has 0 fully saturated rings. The van der Waals surface area contributed by atoms with E-state index in [4.69, 9.17) is 0 Å². The van der Waals surface area contributed by atoms with Crippen molar-refractivity contribution in [1.29, 1.82) is 0 Å². The van der Waals surface area contributed by atoms with E-state index >= 15 is 0 Å². The molecule has 0 unspecified atom stereocenters. The van der Waals surface area contributed by atoms with Gasteiger partial charge in [-0.25, -0.2) is 0 Å². The Morgan fingerprint density at radius 1 is 0.133 bits per heavy atom. The molecule has 26 aromatic carbocycles. The summed E-state index contributed by atoms with van der Waals surface area (Å²) < 4.78 is 0. The third-order valence-electron chi connectivity index (χ3n) is 34.9. The van der Waals surface area contributed by atoms with Gasteiger partial charge in [0.15, 0.2) is 0 Å². The van der Waals surface area contributed by atoms with Gasteiger partial charge in [-0.05, 0) is 332 Å². The van der Waals surface area contributed by atoms with Crippen LogP contribution in [0.4, 0.5) is 34.1 Å². The van der Waals surface area contributed by atoms with Crippen molar-refractivity contribution in [3.63, 3.8) is 0 Å². The molecule has 700 valence electrons. The highest BCUT2D eigenvalue weighted by molar-refractivity contribution is 6.28. The van der Waals surface area contributed by atoms with Crippen molar-refractivity contribution in [2.75, 3.05) is 9.80 Å². The Bertz CT molecular complexity index is 10100. The molecule has 2 heteroatoms. The van der Waals surface area contributed by atoms with Crippen LogP contribution in [-0.2, 0) is 21.7 Å². The highest BCUT2D eigenvalue weighted by Gasteiger charge is 2.55. The highest BCUT2D eigenvalue weighted by Crippen LogP contribution is 2.69. The fourth-order valence-corrected chi connectivity index (χ4v) is 28.3. The van der Waals surface area contributed by atoms with Crippen LogP contribution in [0.25, 0.3) is 197 Å². The van der Waals surface area contributed by atoms with Crippen LogP contribution in [0.1, 0.15) is 94.5 Å². The lowest BCUT2D eigenvalue weighted by molar-refractivity contribution is 0.660. The number of rotatable bonds is 10. The van der Waals surface area contributed by atoms with Crippen LogP contribution in [-0.4, -0.2) is 0 Å². The molecule has 2 nitrogen and oxygen atoms in total. The number of nitrogens with zero attached hydrogens (tertiary/aromatic N) is 2. The lowest BCUT2D eigenvalue weighted by Gasteiger charge is -2.35. The quantitative estimate of drug-likeness (QED) is 0.126. The third kappa shape index (κ3) is 12.2. The maximum absolute atomic E-state index is 2.65. The van der Waals surface area contributed by atoms with E-state index in [1.165, 1.54) is 264 Å². The maximum Gasteiger partial charge on any atom is 0.0726 e. The Balaban J connectivity index is 0.000000135. The second kappa shape index (κ2) is 32.4. The van der Waals surface area contributed by atoms with Gasteiger partial charge in [-0.2, -0.15) is 0 Å². The molecule has 0 atom stereocenters. The minimum atomic E-state index is -0.537. The van der Waals surface area contributed by atoms with Gasteiger partial charge in [0.25, 0.3) is 0 Å². The molecule has 0 N–H and O–H groups in total. The van der Waals surface area contributed by atoms with E-state index in [9.17, 15) is 0 Å². The summed E-state index contributed by atoms with van der Waals surface area (Å²) in [7, 11) is 0. The molecule has 0 aromatic heterocycles. The summed E-state index contributed by atoms with van der Waals surface area (Å²) in [5, 5.41) is 20.1. The van der Waals surface area contributed by atoms with Crippen LogP contribution in [0, 0.1) is 0 Å². The van der Waals surface area contributed by atoms with Crippen molar-refractivity contribution in [3.8, 4) is 111 Å². The van der Waals surface area contributed by atoms with E-state index in [0.29, 0.717) is 0 Å². The fourth-order valence-electron chi connectivity index (χ4n) is 28.3. The Hall–Kier alpha value is -18.6. The van der Waals surface area contributed by atoms with Gasteiger partial charge in [0.05, 0.1) is 27.9 Å². The molecule has 6 aliphatic rings. The minimum Gasteiger partial charge on any atom is -0.310 e. The van der Waals surface area contributed by atoms with Gasteiger partial charge < -0.3 is 9.80 Å². The van der Waals surface area contributed by atoms with Gasteiger partial charge in [0, 0.05) is 39.0 Å². The SMILES string of the molecule is CC1(C)c2ccccc2-c2cc(N(c3ccc4c5ccccc5c5ccccc5c4c3)c3cc4c(cc3-c3ccc(-c5ccc6ccccc6c5)cc3)-c3ccccc3C43c4ccccc4-c4ccccc43)ccc21.CC1(C)c2ccccc2-c2cccc(N(c3ccc4c5ccccc5c5ccccc5c4c3)c3cc4c(cc3-c3ccc(-c5ccc6ccccc6c5)cc3)-c3ccccc3C43c4ccccc4-c4ccccc43)c21. The zero-order valence-corrected chi connectivity index (χ0v) is 83.5. The number of anilines is 6. The number of hydrogen-bond acceptors (Lipinski definition) is 2. The molecule has 0 amide bonds. The average molecular weight is 1900 g/mol. The summed E-state index contributed by atoms with van der Waals surface area (Å²) in [5.41, 5.74) is 46.4. The summed E-state index contributed by atoms with van der Waals surface area (Å²) in [6.45, 7) is 9.60. The first kappa shape index (κ1) is 85.8. The lowest BCUT2D eigenvalue weighted by Crippen LogP contribution is -2.26. The third-order valence-corrected chi connectivity index (χ3v) is 34.9. The number of fused-ring (bicyclic) bond motifs is 40. The minimum absolute atomic E-state index is 0.134. The van der Waals surface area contributed by atoms with Gasteiger partial charge in [0.2, 0.25) is 0 Å². The second-order valence-corrected chi connectivity index (χ2v) is 43.0. The smallest absolute Gasteiger partial charge is 0.0726 e. The molecule has 0 heterocycles. The Kier molecular flexibility index (Phi) is 18.6. The summed E-state index contributed by atoms with van der Waals surface area (Å²) in [5.74, 6) is 0. The van der Waals surface area contributed by atoms with E-state index in [1.54, 1.807) is 0 Å². The van der Waals surface area contributed by atoms with Crippen LogP contribution in [0.5, 0.6) is 0 Å². The molecule has 0 aliphatic heterocycles. The van der Waals surface area contributed by atoms with E-state index in [0.717, 1.165) is 34.0 Å². The molecule has 6 aliphatic carbocycles. The first-order chi connectivity index (χ1) is 73.9. The maximum atomic E-state index is 2.65. The molecule has 26 aromatic rings. The van der Waals surface area contributed by atoms with Crippen LogP contribution >= 0.6 is 0 Å². The van der Waals surface area contributed by atoms with Crippen molar-refractivity contribution < 1.29 is 0 Å². The van der Waals surface area contributed by atoms with Gasteiger partial charge in [-0.1, -0.05) is 471 Å². The number of benzene rings is 26. The van der Waals surface area contributed by atoms with Crippen LogP contribution < -0.4 is 9.80 Å². The van der Waals surface area contributed by atoms with Crippen molar-refractivity contribution in [2.45, 2.75) is 49.4 Å². The molecule has 0 saturated heterocycles. The van der Waals surface area contributed by atoms with Crippen LogP contribution in [0.3, 0.4) is 0 Å². The summed E-state index contributed by atoms with van der Waals surface area (Å²) in [4.78, 5) is 5.24. The first-order valence-electron chi connectivity index (χ1n) is 52.8. The summed E-state index contributed by atoms with van der Waals surface area (Å²) in [6, 6.07) is 198. The van der Waals surface area contributed by atoms with E-state index < -0.39 is 10.8 Å². The Morgan fingerprint density at radius 2 is 0.400 bits per heavy atom. The molecular weight excluding hydrogens is 1810 g/mol. The van der Waals surface area contributed by atoms with Gasteiger partial charge in [0.1, 0.15) is 0 Å². The van der Waals surface area contributed by atoms with E-state index in [1.807, 2.05) is 0 Å². The van der Waals surface area contributed by atoms with E-state index in [2.05, 4.69) is 559 Å². The first-order valence-corrected chi connectivity index (χ1v) is 52.8. The second-order valence-electron chi connectivity index (χ2n) is 43.0. The van der Waals surface area contributed by atoms with Crippen molar-refractivity contribution in [2.24, 2.45) is 0 Å². The largest absolute Gasteiger partial charge is 0.310 e. The fraction of sp³-hybridized carbons (Fsp3) is 0.0541. The molecule has 0 bridgehead atoms. The van der Waals surface area contributed by atoms with Crippen molar-refractivity contribution in [3.05, 3.63) is 588 Å². The van der Waals surface area contributed by atoms with Gasteiger partial charge in [-0.15, -0.1) is 0 Å². The molecule has 0 radical (unpaired) electrons. The monoisotopic (exact) mass is 1900 g/mol. The van der Waals surface area contributed by atoms with Crippen molar-refractivity contribution >= 4 is 120 Å². The topological polar surface area (TPSA) is 6.48 Å². The Labute approximate surface area is 872 Å².